The third kappa shape index (κ3) is 3.50. The van der Waals surface area contributed by atoms with E-state index in [0.29, 0.717) is 17.7 Å². The smallest absolute Gasteiger partial charge is 0.246 e. The molecule has 31 heavy (non-hydrogen) atoms. The second kappa shape index (κ2) is 7.52. The third-order valence-electron chi connectivity index (χ3n) is 6.46. The van der Waals surface area contributed by atoms with Crippen molar-refractivity contribution in [3.05, 3.63) is 30.1 Å². The number of hydrogen-bond donors (Lipinski definition) is 3. The van der Waals surface area contributed by atoms with E-state index in [1.807, 2.05) is 27.7 Å². The number of carbonyl (C=O) groups excluding carboxylic acids is 1. The summed E-state index contributed by atoms with van der Waals surface area (Å²) in [4.78, 5) is 22.1. The molecule has 0 spiro atoms. The minimum absolute atomic E-state index is 0.186. The van der Waals surface area contributed by atoms with Crippen molar-refractivity contribution in [2.75, 3.05) is 42.9 Å². The lowest BCUT2D eigenvalue weighted by molar-refractivity contribution is -0.133. The third-order valence-corrected chi connectivity index (χ3v) is 6.46. The number of nitrogens with one attached hydrogen (secondary N) is 3. The van der Waals surface area contributed by atoms with Crippen molar-refractivity contribution in [1.29, 1.82) is 0 Å². The molecule has 1 atom stereocenters. The van der Waals surface area contributed by atoms with Gasteiger partial charge in [-0.3, -0.25) is 9.89 Å². The van der Waals surface area contributed by atoms with Crippen molar-refractivity contribution >= 4 is 29.0 Å². The zero-order valence-electron chi connectivity index (χ0n) is 17.4. The van der Waals surface area contributed by atoms with E-state index in [0.717, 1.165) is 56.9 Å². The van der Waals surface area contributed by atoms with Crippen LogP contribution in [0.15, 0.2) is 24.4 Å². The fourth-order valence-electron chi connectivity index (χ4n) is 4.62. The van der Waals surface area contributed by atoms with E-state index in [1.54, 1.807) is 0 Å². The first kappa shape index (κ1) is 18.6. The molecule has 10 heteroatoms. The summed E-state index contributed by atoms with van der Waals surface area (Å²) in [5.74, 6) is 2.83. The highest BCUT2D eigenvalue weighted by Crippen LogP contribution is 2.39. The lowest BCUT2D eigenvalue weighted by Crippen LogP contribution is -2.52. The Morgan fingerprint density at radius 1 is 1.16 bits per heavy atom. The molecular formula is C21H27N9O. The molecule has 2 saturated heterocycles. The maximum atomic E-state index is 13.2. The molecule has 0 radical (unpaired) electrons. The van der Waals surface area contributed by atoms with E-state index in [9.17, 15) is 4.79 Å². The number of rotatable bonds is 5. The van der Waals surface area contributed by atoms with Crippen molar-refractivity contribution in [2.45, 2.75) is 37.6 Å². The van der Waals surface area contributed by atoms with Crippen LogP contribution in [0, 0.1) is 0 Å². The number of piperazine rings is 1. The van der Waals surface area contributed by atoms with Gasteiger partial charge in [-0.2, -0.15) is 10.1 Å². The van der Waals surface area contributed by atoms with Crippen LogP contribution in [0.2, 0.25) is 0 Å². The van der Waals surface area contributed by atoms with E-state index >= 15 is 0 Å². The topological polar surface area (TPSA) is 106 Å². The molecule has 1 aliphatic carbocycles. The molecule has 2 aliphatic heterocycles. The molecular weight excluding hydrogens is 394 g/mol. The predicted molar refractivity (Wildman–Crippen MR) is 117 cm³/mol. The summed E-state index contributed by atoms with van der Waals surface area (Å²) < 4.78 is 1.82. The van der Waals surface area contributed by atoms with Crippen molar-refractivity contribution < 1.29 is 4.79 Å². The number of aromatic amines is 1. The van der Waals surface area contributed by atoms with E-state index in [1.165, 1.54) is 18.5 Å². The fraction of sp³-hybridized carbons (Fsp3) is 0.524. The molecule has 162 valence electrons. The van der Waals surface area contributed by atoms with E-state index in [-0.39, 0.29) is 11.9 Å². The van der Waals surface area contributed by atoms with Crippen LogP contribution in [0.3, 0.4) is 0 Å². The Morgan fingerprint density at radius 2 is 2.03 bits per heavy atom. The van der Waals surface area contributed by atoms with Crippen LogP contribution in [-0.2, 0) is 4.79 Å². The average Bonchev–Trinajstić information content (AvgIpc) is 3.20. The van der Waals surface area contributed by atoms with Gasteiger partial charge < -0.3 is 20.4 Å². The maximum Gasteiger partial charge on any atom is 0.246 e. The van der Waals surface area contributed by atoms with Crippen molar-refractivity contribution in [3.63, 3.8) is 0 Å². The quantitative estimate of drug-likeness (QED) is 0.573. The number of anilines is 3. The number of carbonyl (C=O) groups is 1. The van der Waals surface area contributed by atoms with Gasteiger partial charge in [0.2, 0.25) is 11.9 Å². The summed E-state index contributed by atoms with van der Waals surface area (Å²) in [5.41, 5.74) is 2.05. The Labute approximate surface area is 180 Å². The molecule has 3 N–H and O–H groups in total. The SMILES string of the molecule is O=C(C1CCCN1c1nc(Nc2cc(C3CC3)[nH]n2)c2cccn2n1)N1CCNCC1. The van der Waals surface area contributed by atoms with Gasteiger partial charge in [0.25, 0.3) is 0 Å². The van der Waals surface area contributed by atoms with Gasteiger partial charge in [0.1, 0.15) is 11.6 Å². The van der Waals surface area contributed by atoms with Gasteiger partial charge in [0.15, 0.2) is 11.6 Å². The van der Waals surface area contributed by atoms with Gasteiger partial charge >= 0.3 is 0 Å². The standard InChI is InChI=1S/C21H27N9O/c31-20(28-11-7-22-8-12-28)17-4-1-9-29(17)21-24-19(16-3-2-10-30(16)27-21)23-18-13-15(25-26-18)14-5-6-14/h2-3,10,13-14,17,22H,1,4-9,11-12H2,(H2,23,24,25,26,27). The Morgan fingerprint density at radius 3 is 2.87 bits per heavy atom. The molecule has 0 bridgehead atoms. The Bertz CT molecular complexity index is 1100. The number of amides is 1. The van der Waals surface area contributed by atoms with E-state index in [2.05, 4.69) is 31.8 Å². The second-order valence-electron chi connectivity index (χ2n) is 8.63. The van der Waals surface area contributed by atoms with Crippen LogP contribution in [0.25, 0.3) is 5.52 Å². The van der Waals surface area contributed by atoms with Crippen LogP contribution in [0.5, 0.6) is 0 Å². The monoisotopic (exact) mass is 421 g/mol. The summed E-state index contributed by atoms with van der Waals surface area (Å²) in [6.45, 7) is 4.00. The second-order valence-corrected chi connectivity index (χ2v) is 8.63. The van der Waals surface area contributed by atoms with E-state index in [4.69, 9.17) is 10.1 Å². The summed E-state index contributed by atoms with van der Waals surface area (Å²) in [5, 5.41) is 18.9. The molecule has 5 heterocycles. The zero-order valence-corrected chi connectivity index (χ0v) is 17.4. The predicted octanol–water partition coefficient (Wildman–Crippen LogP) is 1.47. The maximum absolute atomic E-state index is 13.2. The average molecular weight is 422 g/mol. The molecule has 1 unspecified atom stereocenters. The van der Waals surface area contributed by atoms with Crippen molar-refractivity contribution in [3.8, 4) is 0 Å². The first-order valence-corrected chi connectivity index (χ1v) is 11.2. The molecule has 6 rings (SSSR count). The van der Waals surface area contributed by atoms with Crippen LogP contribution in [0.4, 0.5) is 17.6 Å². The zero-order chi connectivity index (χ0) is 20.8. The summed E-state index contributed by atoms with van der Waals surface area (Å²) >= 11 is 0. The number of fused-ring (bicyclic) bond motifs is 1. The van der Waals surface area contributed by atoms with Crippen molar-refractivity contribution in [1.82, 2.24) is 35.0 Å². The molecule has 3 aromatic rings. The molecule has 0 aromatic carbocycles. The van der Waals surface area contributed by atoms with E-state index < -0.39 is 0 Å². The summed E-state index contributed by atoms with van der Waals surface area (Å²) in [6.07, 6.45) is 6.15. The number of aromatic nitrogens is 5. The van der Waals surface area contributed by atoms with Gasteiger partial charge in [0, 0.05) is 56.6 Å². The van der Waals surface area contributed by atoms with Gasteiger partial charge in [0.05, 0.1) is 0 Å². The highest BCUT2D eigenvalue weighted by molar-refractivity contribution is 5.86. The molecule has 3 aromatic heterocycles. The van der Waals surface area contributed by atoms with Gasteiger partial charge in [-0.25, -0.2) is 4.52 Å². The highest BCUT2D eigenvalue weighted by Gasteiger charge is 2.36. The van der Waals surface area contributed by atoms with Gasteiger partial charge in [-0.1, -0.05) is 0 Å². The first-order valence-electron chi connectivity index (χ1n) is 11.2. The van der Waals surface area contributed by atoms with Crippen molar-refractivity contribution in [2.24, 2.45) is 0 Å². The normalized spacial score (nSPS) is 21.7. The molecule has 1 saturated carbocycles. The van der Waals surface area contributed by atoms with Gasteiger partial charge in [-0.05, 0) is 37.8 Å². The number of hydrogen-bond acceptors (Lipinski definition) is 7. The Balaban J connectivity index is 1.30. The van der Waals surface area contributed by atoms with Crippen LogP contribution in [-0.4, -0.2) is 74.4 Å². The largest absolute Gasteiger partial charge is 0.338 e. The van der Waals surface area contributed by atoms with Gasteiger partial charge in [-0.15, -0.1) is 5.10 Å². The Kier molecular flexibility index (Phi) is 4.52. The minimum atomic E-state index is -0.203. The number of nitrogens with zero attached hydrogens (tertiary/aromatic N) is 6. The Hall–Kier alpha value is -3.14. The summed E-state index contributed by atoms with van der Waals surface area (Å²) in [6, 6.07) is 5.79. The fourth-order valence-corrected chi connectivity index (χ4v) is 4.62. The van der Waals surface area contributed by atoms with Crippen LogP contribution < -0.4 is 15.5 Å². The van der Waals surface area contributed by atoms with Crippen LogP contribution >= 0.6 is 0 Å². The first-order chi connectivity index (χ1) is 15.3. The van der Waals surface area contributed by atoms with Crippen LogP contribution in [0.1, 0.15) is 37.3 Å². The molecule has 3 aliphatic rings. The minimum Gasteiger partial charge on any atom is -0.338 e. The molecule has 3 fully saturated rings. The highest BCUT2D eigenvalue weighted by atomic mass is 16.2. The number of H-pyrrole nitrogens is 1. The lowest BCUT2D eigenvalue weighted by Gasteiger charge is -2.33. The molecule has 1 amide bonds. The lowest BCUT2D eigenvalue weighted by atomic mass is 10.2. The molecule has 10 nitrogen and oxygen atoms in total. The summed E-state index contributed by atoms with van der Waals surface area (Å²) in [7, 11) is 0.